The zero-order chi connectivity index (χ0) is 11.1. The van der Waals surface area contributed by atoms with Crippen LogP contribution in [0, 0.1) is 0 Å². The van der Waals surface area contributed by atoms with Gasteiger partial charge in [-0.2, -0.15) is 0 Å². The Morgan fingerprint density at radius 3 is 2.73 bits per heavy atom. The second-order valence-electron chi connectivity index (χ2n) is 3.72. The van der Waals surface area contributed by atoms with Crippen LogP contribution in [0.15, 0.2) is 29.2 Å². The number of hydrogen-bond donors (Lipinski definition) is 2. The topological polar surface area (TPSA) is 32.3 Å². The van der Waals surface area contributed by atoms with Crippen molar-refractivity contribution in [2.45, 2.75) is 31.3 Å². The summed E-state index contributed by atoms with van der Waals surface area (Å²) in [5.41, 5.74) is 1.31. The smallest absolute Gasteiger partial charge is 0.0525 e. The van der Waals surface area contributed by atoms with Gasteiger partial charge in [-0.3, -0.25) is 0 Å². The lowest BCUT2D eigenvalue weighted by molar-refractivity contribution is 0.322. The van der Waals surface area contributed by atoms with Crippen LogP contribution in [0.3, 0.4) is 0 Å². The molecule has 0 unspecified atom stereocenters. The summed E-state index contributed by atoms with van der Waals surface area (Å²) in [5.74, 6) is 0.763. The first-order valence-corrected chi connectivity index (χ1v) is 6.27. The third-order valence-electron chi connectivity index (χ3n) is 2.02. The van der Waals surface area contributed by atoms with Crippen molar-refractivity contribution in [2.24, 2.45) is 0 Å². The van der Waals surface area contributed by atoms with Crippen LogP contribution in [0.25, 0.3) is 0 Å². The Bertz CT molecular complexity index is 289. The lowest BCUT2D eigenvalue weighted by atomic mass is 10.2. The van der Waals surface area contributed by atoms with Gasteiger partial charge in [0.25, 0.3) is 0 Å². The fraction of sp³-hybridized carbons (Fsp3) is 0.500. The Labute approximate surface area is 96.1 Å². The summed E-state index contributed by atoms with van der Waals surface area (Å²) < 4.78 is 0. The number of nitrogens with one attached hydrogen (secondary N) is 1. The van der Waals surface area contributed by atoms with Crippen molar-refractivity contribution in [3.63, 3.8) is 0 Å². The van der Waals surface area contributed by atoms with Gasteiger partial charge in [-0.1, -0.05) is 32.0 Å². The Balaban J connectivity index is 2.59. The zero-order valence-corrected chi connectivity index (χ0v) is 10.2. The molecule has 0 saturated carbocycles. The summed E-state index contributed by atoms with van der Waals surface area (Å²) in [6.07, 6.45) is 0. The number of benzene rings is 1. The Kier molecular flexibility index (Phi) is 5.76. The van der Waals surface area contributed by atoms with Gasteiger partial charge in [0.2, 0.25) is 0 Å². The molecule has 0 radical (unpaired) electrons. The fourth-order valence-corrected chi connectivity index (χ4v) is 2.07. The predicted molar refractivity (Wildman–Crippen MR) is 66.2 cm³/mol. The lowest BCUT2D eigenvalue weighted by Crippen LogP contribution is -2.22. The van der Waals surface area contributed by atoms with Crippen LogP contribution in [0.4, 0.5) is 0 Å². The molecule has 0 bridgehead atoms. The van der Waals surface area contributed by atoms with Crippen LogP contribution >= 0.6 is 11.8 Å². The van der Waals surface area contributed by atoms with Crippen LogP contribution in [0.2, 0.25) is 0 Å². The van der Waals surface area contributed by atoms with Gasteiger partial charge in [0.1, 0.15) is 0 Å². The van der Waals surface area contributed by atoms with E-state index in [4.69, 9.17) is 5.11 Å². The molecule has 0 atom stereocenters. The van der Waals surface area contributed by atoms with E-state index < -0.39 is 0 Å². The Hall–Kier alpha value is -0.510. The summed E-state index contributed by atoms with van der Waals surface area (Å²) in [5, 5.41) is 12.2. The molecule has 3 heteroatoms. The maximum atomic E-state index is 8.80. The third kappa shape index (κ3) is 4.69. The highest BCUT2D eigenvalue weighted by Gasteiger charge is 2.02. The number of hydrogen-bond acceptors (Lipinski definition) is 3. The third-order valence-corrected chi connectivity index (χ3v) is 3.12. The first-order valence-electron chi connectivity index (χ1n) is 5.29. The van der Waals surface area contributed by atoms with Crippen molar-refractivity contribution in [1.29, 1.82) is 0 Å². The predicted octanol–water partition coefficient (Wildman–Crippen LogP) is 2.27. The molecule has 15 heavy (non-hydrogen) atoms. The minimum Gasteiger partial charge on any atom is -0.396 e. The second-order valence-corrected chi connectivity index (χ2v) is 4.85. The van der Waals surface area contributed by atoms with Gasteiger partial charge in [0, 0.05) is 23.2 Å². The van der Waals surface area contributed by atoms with Gasteiger partial charge in [-0.15, -0.1) is 11.8 Å². The standard InChI is InChI=1S/C12H19NOS/c1-10(2)13-9-11-5-3-4-6-12(11)15-8-7-14/h3-6,10,13-14H,7-9H2,1-2H3. The highest BCUT2D eigenvalue weighted by atomic mass is 32.2. The van der Waals surface area contributed by atoms with Crippen molar-refractivity contribution in [3.05, 3.63) is 29.8 Å². The largest absolute Gasteiger partial charge is 0.396 e. The molecular formula is C12H19NOS. The molecule has 1 aromatic rings. The monoisotopic (exact) mass is 225 g/mol. The highest BCUT2D eigenvalue weighted by Crippen LogP contribution is 2.22. The SMILES string of the molecule is CC(C)NCc1ccccc1SCCO. The van der Waals surface area contributed by atoms with Crippen molar-refractivity contribution in [2.75, 3.05) is 12.4 Å². The lowest BCUT2D eigenvalue weighted by Gasteiger charge is -2.11. The molecule has 1 aromatic carbocycles. The molecule has 0 spiro atoms. The van der Waals surface area contributed by atoms with E-state index in [1.807, 2.05) is 6.07 Å². The number of thioether (sulfide) groups is 1. The average Bonchev–Trinajstić information content (AvgIpc) is 2.24. The van der Waals surface area contributed by atoms with E-state index in [9.17, 15) is 0 Å². The van der Waals surface area contributed by atoms with Crippen molar-refractivity contribution in [3.8, 4) is 0 Å². The van der Waals surface area contributed by atoms with E-state index in [1.54, 1.807) is 11.8 Å². The molecule has 0 amide bonds. The molecule has 0 aromatic heterocycles. The van der Waals surface area contributed by atoms with E-state index in [1.165, 1.54) is 10.5 Å². The second kappa shape index (κ2) is 6.88. The summed E-state index contributed by atoms with van der Waals surface area (Å²) in [6.45, 7) is 5.41. The van der Waals surface area contributed by atoms with Crippen LogP contribution in [0.1, 0.15) is 19.4 Å². The first kappa shape index (κ1) is 12.6. The Morgan fingerprint density at radius 1 is 1.33 bits per heavy atom. The van der Waals surface area contributed by atoms with Gasteiger partial charge in [-0.25, -0.2) is 0 Å². The minimum absolute atomic E-state index is 0.233. The Morgan fingerprint density at radius 2 is 2.07 bits per heavy atom. The molecule has 0 aliphatic rings. The van der Waals surface area contributed by atoms with Gasteiger partial charge < -0.3 is 10.4 Å². The molecule has 2 N–H and O–H groups in total. The van der Waals surface area contributed by atoms with E-state index >= 15 is 0 Å². The average molecular weight is 225 g/mol. The maximum absolute atomic E-state index is 8.80. The van der Waals surface area contributed by atoms with Crippen molar-refractivity contribution in [1.82, 2.24) is 5.32 Å². The molecule has 0 saturated heterocycles. The van der Waals surface area contributed by atoms with Gasteiger partial charge in [-0.05, 0) is 11.6 Å². The number of aliphatic hydroxyl groups is 1. The first-order chi connectivity index (χ1) is 7.24. The van der Waals surface area contributed by atoms with Crippen molar-refractivity contribution >= 4 is 11.8 Å². The summed E-state index contributed by atoms with van der Waals surface area (Å²) >= 11 is 1.71. The molecule has 0 fully saturated rings. The van der Waals surface area contributed by atoms with E-state index in [0.717, 1.165) is 12.3 Å². The molecule has 1 rings (SSSR count). The zero-order valence-electron chi connectivity index (χ0n) is 9.36. The molecule has 84 valence electrons. The van der Waals surface area contributed by atoms with E-state index in [-0.39, 0.29) is 6.61 Å². The van der Waals surface area contributed by atoms with Crippen molar-refractivity contribution < 1.29 is 5.11 Å². The van der Waals surface area contributed by atoms with Gasteiger partial charge in [0.15, 0.2) is 0 Å². The van der Waals surface area contributed by atoms with Crippen LogP contribution in [-0.2, 0) is 6.54 Å². The normalized spacial score (nSPS) is 10.9. The molecule has 0 aliphatic heterocycles. The maximum Gasteiger partial charge on any atom is 0.0525 e. The van der Waals surface area contributed by atoms with Gasteiger partial charge >= 0.3 is 0 Å². The van der Waals surface area contributed by atoms with Crippen LogP contribution in [-0.4, -0.2) is 23.5 Å². The molecule has 0 aliphatic carbocycles. The minimum atomic E-state index is 0.233. The highest BCUT2D eigenvalue weighted by molar-refractivity contribution is 7.99. The molecule has 0 heterocycles. The fourth-order valence-electron chi connectivity index (χ4n) is 1.26. The summed E-state index contributed by atoms with van der Waals surface area (Å²) in [6, 6.07) is 8.84. The quantitative estimate of drug-likeness (QED) is 0.728. The molecule has 2 nitrogen and oxygen atoms in total. The summed E-state index contributed by atoms with van der Waals surface area (Å²) in [7, 11) is 0. The van der Waals surface area contributed by atoms with Crippen LogP contribution < -0.4 is 5.32 Å². The summed E-state index contributed by atoms with van der Waals surface area (Å²) in [4.78, 5) is 1.26. The number of rotatable bonds is 6. The van der Waals surface area contributed by atoms with Gasteiger partial charge in [0.05, 0.1) is 6.61 Å². The number of aliphatic hydroxyl groups excluding tert-OH is 1. The molecular weight excluding hydrogens is 206 g/mol. The van der Waals surface area contributed by atoms with E-state index in [0.29, 0.717) is 6.04 Å². The van der Waals surface area contributed by atoms with E-state index in [2.05, 4.69) is 37.4 Å². The van der Waals surface area contributed by atoms with Crippen LogP contribution in [0.5, 0.6) is 0 Å².